The van der Waals surface area contributed by atoms with E-state index in [9.17, 15) is 5.11 Å². The van der Waals surface area contributed by atoms with Crippen LogP contribution >= 0.6 is 11.3 Å². The van der Waals surface area contributed by atoms with Gasteiger partial charge in [-0.3, -0.25) is 0 Å². The number of aliphatic imine (C=N–C) groups is 1. The zero-order valence-corrected chi connectivity index (χ0v) is 20.6. The maximum absolute atomic E-state index is 10.9. The molecule has 0 bridgehead atoms. The quantitative estimate of drug-likeness (QED) is 0.617. The predicted octanol–water partition coefficient (Wildman–Crippen LogP) is 4.90. The normalized spacial score (nSPS) is 29.1. The van der Waals surface area contributed by atoms with E-state index < -0.39 is 11.5 Å². The van der Waals surface area contributed by atoms with Gasteiger partial charge in [-0.05, 0) is 81.0 Å². The molecule has 180 valence electrons. The molecule has 2 unspecified atom stereocenters. The lowest BCUT2D eigenvalue weighted by Gasteiger charge is -2.43. The highest BCUT2D eigenvalue weighted by Crippen LogP contribution is 2.44. The minimum atomic E-state index is -0.514. The topological polar surface area (TPSA) is 63.5 Å². The summed E-state index contributed by atoms with van der Waals surface area (Å²) < 4.78 is 12.0. The summed E-state index contributed by atoms with van der Waals surface area (Å²) in [5, 5.41) is 16.7. The molecule has 6 nitrogen and oxygen atoms in total. The maximum Gasteiger partial charge on any atom is 0.174 e. The van der Waals surface area contributed by atoms with Crippen LogP contribution in [0, 0.1) is 11.8 Å². The largest absolute Gasteiger partial charge is 0.493 e. The van der Waals surface area contributed by atoms with Gasteiger partial charge in [0.2, 0.25) is 0 Å². The molecule has 7 heteroatoms. The first-order valence-electron chi connectivity index (χ1n) is 12.1. The second-order valence-corrected chi connectivity index (χ2v) is 10.2. The van der Waals surface area contributed by atoms with Crippen LogP contribution in [0.25, 0.3) is 0 Å². The van der Waals surface area contributed by atoms with Crippen molar-refractivity contribution in [3.8, 4) is 23.3 Å². The van der Waals surface area contributed by atoms with Crippen molar-refractivity contribution < 1.29 is 19.4 Å². The van der Waals surface area contributed by atoms with Crippen molar-refractivity contribution in [2.24, 2.45) is 4.99 Å². The number of thiophene rings is 1. The summed E-state index contributed by atoms with van der Waals surface area (Å²) in [5.74, 6) is 8.54. The first-order chi connectivity index (χ1) is 16.6. The summed E-state index contributed by atoms with van der Waals surface area (Å²) >= 11 is 1.64. The number of hydrogen-bond donors (Lipinski definition) is 1. The zero-order valence-electron chi connectivity index (χ0n) is 19.8. The van der Waals surface area contributed by atoms with Crippen LogP contribution in [0.4, 0.5) is 0 Å². The van der Waals surface area contributed by atoms with Gasteiger partial charge < -0.3 is 14.6 Å². The number of methoxy groups -OCH3 is 1. The van der Waals surface area contributed by atoms with Crippen LogP contribution in [0.5, 0.6) is 11.5 Å². The summed E-state index contributed by atoms with van der Waals surface area (Å²) in [6, 6.07) is 8.00. The van der Waals surface area contributed by atoms with Crippen molar-refractivity contribution >= 4 is 17.7 Å². The molecule has 3 aliphatic rings. The molecular weight excluding hydrogens is 448 g/mol. The van der Waals surface area contributed by atoms with Crippen molar-refractivity contribution in [1.82, 2.24) is 5.06 Å². The van der Waals surface area contributed by atoms with E-state index in [1.165, 1.54) is 12.8 Å². The third kappa shape index (κ3) is 4.81. The fourth-order valence-electron chi connectivity index (χ4n) is 5.22. The van der Waals surface area contributed by atoms with E-state index in [0.29, 0.717) is 12.8 Å². The van der Waals surface area contributed by atoms with Gasteiger partial charge in [-0.2, -0.15) is 11.3 Å². The molecular formula is C27H32N2O4S. The number of hydrogen-bond acceptors (Lipinski definition) is 7. The van der Waals surface area contributed by atoms with E-state index in [0.717, 1.165) is 41.9 Å². The monoisotopic (exact) mass is 480 g/mol. The lowest BCUT2D eigenvalue weighted by molar-refractivity contribution is -0.169. The first-order valence-corrected chi connectivity index (χ1v) is 13.1. The summed E-state index contributed by atoms with van der Waals surface area (Å²) in [6.45, 7) is 1.89. The Morgan fingerprint density at radius 3 is 2.76 bits per heavy atom. The second-order valence-electron chi connectivity index (χ2n) is 9.44. The highest BCUT2D eigenvalue weighted by molar-refractivity contribution is 7.08. The van der Waals surface area contributed by atoms with Crippen LogP contribution in [0.1, 0.15) is 63.0 Å². The summed E-state index contributed by atoms with van der Waals surface area (Å²) in [4.78, 5) is 10.2. The maximum atomic E-state index is 10.9. The molecule has 1 aromatic carbocycles. The minimum absolute atomic E-state index is 0.230. The first kappa shape index (κ1) is 23.2. The van der Waals surface area contributed by atoms with Crippen molar-refractivity contribution in [3.63, 3.8) is 0 Å². The Morgan fingerprint density at radius 2 is 2.06 bits per heavy atom. The van der Waals surface area contributed by atoms with Gasteiger partial charge in [-0.1, -0.05) is 17.9 Å². The molecule has 34 heavy (non-hydrogen) atoms. The molecule has 2 saturated carbocycles. The number of benzene rings is 1. The van der Waals surface area contributed by atoms with Crippen molar-refractivity contribution in [2.75, 3.05) is 7.11 Å². The molecule has 2 heterocycles. The van der Waals surface area contributed by atoms with Gasteiger partial charge in [0.15, 0.2) is 17.7 Å². The molecule has 2 fully saturated rings. The van der Waals surface area contributed by atoms with Crippen molar-refractivity contribution in [2.45, 2.75) is 81.8 Å². The Bertz CT molecular complexity index is 1070. The van der Waals surface area contributed by atoms with E-state index in [1.807, 2.05) is 24.4 Å². The fourth-order valence-corrected chi connectivity index (χ4v) is 5.81. The zero-order chi connectivity index (χ0) is 23.5. The Balaban J connectivity index is 1.53. The lowest BCUT2D eigenvalue weighted by atomic mass is 9.67. The average Bonchev–Trinajstić information content (AvgIpc) is 3.62. The van der Waals surface area contributed by atoms with Gasteiger partial charge in [0, 0.05) is 10.9 Å². The van der Waals surface area contributed by atoms with Crippen LogP contribution < -0.4 is 9.47 Å². The summed E-state index contributed by atoms with van der Waals surface area (Å²) in [6.07, 6.45) is 7.73. The summed E-state index contributed by atoms with van der Waals surface area (Å²) in [5.41, 5.74) is 1.63. The number of aliphatic hydroxyl groups excluding tert-OH is 1. The fraction of sp³-hybridized carbons (Fsp3) is 0.519. The van der Waals surface area contributed by atoms with Gasteiger partial charge in [0.05, 0.1) is 30.8 Å². The highest BCUT2D eigenvalue weighted by Gasteiger charge is 2.44. The molecule has 4 atom stereocenters. The number of hydroxylamine groups is 2. The van der Waals surface area contributed by atoms with Gasteiger partial charge >= 0.3 is 0 Å². The molecule has 0 spiro atoms. The van der Waals surface area contributed by atoms with E-state index in [1.54, 1.807) is 29.8 Å². The van der Waals surface area contributed by atoms with Crippen LogP contribution in [0.3, 0.4) is 0 Å². The Hall–Kier alpha value is -2.53. The Kier molecular flexibility index (Phi) is 6.82. The van der Waals surface area contributed by atoms with Gasteiger partial charge in [0.1, 0.15) is 6.34 Å². The molecule has 5 rings (SSSR count). The third-order valence-electron chi connectivity index (χ3n) is 7.14. The van der Waals surface area contributed by atoms with Crippen LogP contribution in [0.2, 0.25) is 0 Å². The van der Waals surface area contributed by atoms with Gasteiger partial charge in [0.25, 0.3) is 0 Å². The third-order valence-corrected chi connectivity index (χ3v) is 7.82. The van der Waals surface area contributed by atoms with Crippen molar-refractivity contribution in [1.29, 1.82) is 0 Å². The Labute approximate surface area is 205 Å². The predicted molar refractivity (Wildman–Crippen MR) is 133 cm³/mol. The van der Waals surface area contributed by atoms with E-state index in [4.69, 9.17) is 14.3 Å². The lowest BCUT2D eigenvalue weighted by Crippen LogP contribution is -2.50. The van der Waals surface area contributed by atoms with E-state index in [-0.39, 0.29) is 18.4 Å². The summed E-state index contributed by atoms with van der Waals surface area (Å²) in [7, 11) is 1.68. The number of rotatable bonds is 5. The van der Waals surface area contributed by atoms with Crippen LogP contribution in [-0.2, 0) is 10.3 Å². The molecule has 0 saturated heterocycles. The molecule has 1 aromatic heterocycles. The number of nitrogens with zero attached hydrogens (tertiary/aromatic N) is 2. The molecule has 1 N–H and O–H groups in total. The number of aliphatic hydroxyl groups is 1. The van der Waals surface area contributed by atoms with Gasteiger partial charge in [-0.25, -0.2) is 14.9 Å². The molecule has 0 radical (unpaired) electrons. The van der Waals surface area contributed by atoms with Crippen LogP contribution in [-0.4, -0.2) is 48.1 Å². The Morgan fingerprint density at radius 1 is 1.21 bits per heavy atom. The van der Waals surface area contributed by atoms with Gasteiger partial charge in [-0.15, -0.1) is 0 Å². The SMILES string of the molecule is COc1ccc(C2(C#Cc3ccsc3)CC[C@@H](O)[C@@H](N3C=NC(C)O3)C2)cc1OC1CCCC1. The van der Waals surface area contributed by atoms with E-state index >= 15 is 0 Å². The standard InChI is InChI=1S/C27H32N2O4S/c1-19-28-18-29(33-19)23-16-27(13-10-24(23)30,12-9-20-11-14-34-17-20)21-7-8-25(31-2)26(15-21)32-22-5-3-4-6-22/h7-8,11,14-15,17-19,22-24,30H,3-6,10,13,16H2,1-2H3/t19?,23-,24+,27?/m0/s1. The molecule has 2 aliphatic carbocycles. The highest BCUT2D eigenvalue weighted by atomic mass is 32.1. The number of ether oxygens (including phenoxy) is 2. The minimum Gasteiger partial charge on any atom is -0.493 e. The van der Waals surface area contributed by atoms with E-state index in [2.05, 4.69) is 34.3 Å². The molecule has 1 aliphatic heterocycles. The smallest absolute Gasteiger partial charge is 0.174 e. The second kappa shape index (κ2) is 9.99. The molecule has 0 amide bonds. The van der Waals surface area contributed by atoms with Crippen LogP contribution in [0.15, 0.2) is 40.0 Å². The average molecular weight is 481 g/mol. The molecule has 2 aromatic rings. The van der Waals surface area contributed by atoms with Crippen molar-refractivity contribution in [3.05, 3.63) is 46.2 Å².